The van der Waals surface area contributed by atoms with Crippen LogP contribution < -0.4 is 16.4 Å². The Bertz CT molecular complexity index is 912. The number of piperidine rings is 1. The van der Waals surface area contributed by atoms with Crippen LogP contribution in [0.1, 0.15) is 24.2 Å². The summed E-state index contributed by atoms with van der Waals surface area (Å²) in [6.07, 6.45) is -4.74. The van der Waals surface area contributed by atoms with E-state index < -0.39 is 35.8 Å². The highest BCUT2D eigenvalue weighted by molar-refractivity contribution is 6.02. The van der Waals surface area contributed by atoms with Crippen molar-refractivity contribution in [3.05, 3.63) is 23.5 Å². The molecule has 0 aliphatic carbocycles. The van der Waals surface area contributed by atoms with Gasteiger partial charge in [0.15, 0.2) is 0 Å². The lowest BCUT2D eigenvalue weighted by Crippen LogP contribution is -2.52. The van der Waals surface area contributed by atoms with Crippen LogP contribution in [0.4, 0.5) is 18.9 Å². The van der Waals surface area contributed by atoms with E-state index in [2.05, 4.69) is 20.6 Å². The number of anilines is 1. The number of amides is 3. The van der Waals surface area contributed by atoms with Gasteiger partial charge >= 0.3 is 6.18 Å². The van der Waals surface area contributed by atoms with Crippen LogP contribution >= 0.6 is 12.4 Å². The van der Waals surface area contributed by atoms with E-state index >= 15 is 0 Å². The van der Waals surface area contributed by atoms with Gasteiger partial charge < -0.3 is 16.0 Å². The fourth-order valence-corrected chi connectivity index (χ4v) is 2.73. The number of imidazole rings is 1. The molecule has 27 heavy (non-hydrogen) atoms. The molecule has 146 valence electrons. The maximum atomic E-state index is 12.8. The zero-order valence-corrected chi connectivity index (χ0v) is 14.5. The SMILES string of the molecule is Cl.Nc1cc(CC(=O)NC2CCC(=O)NC2=O)c2nc(C(F)(F)F)[nH]c2c1. The van der Waals surface area contributed by atoms with Gasteiger partial charge in [-0.15, -0.1) is 12.4 Å². The van der Waals surface area contributed by atoms with Gasteiger partial charge in [-0.25, -0.2) is 4.98 Å². The number of carbonyl (C=O) groups excluding carboxylic acids is 3. The first-order chi connectivity index (χ1) is 12.1. The van der Waals surface area contributed by atoms with Crippen LogP contribution in [-0.2, 0) is 27.0 Å². The Morgan fingerprint density at radius 3 is 2.67 bits per heavy atom. The third kappa shape index (κ3) is 4.48. The van der Waals surface area contributed by atoms with Crippen molar-refractivity contribution in [2.24, 2.45) is 0 Å². The van der Waals surface area contributed by atoms with Gasteiger partial charge in [0.1, 0.15) is 6.04 Å². The molecule has 1 aliphatic heterocycles. The number of nitrogen functional groups attached to an aromatic ring is 1. The average Bonchev–Trinajstić information content (AvgIpc) is 2.94. The lowest BCUT2D eigenvalue weighted by atomic mass is 10.0. The number of H-pyrrole nitrogens is 1. The second-order valence-electron chi connectivity index (χ2n) is 5.91. The number of nitrogens with two attached hydrogens (primary N) is 1. The van der Waals surface area contributed by atoms with Crippen molar-refractivity contribution < 1.29 is 27.6 Å². The van der Waals surface area contributed by atoms with Gasteiger partial charge in [0, 0.05) is 12.1 Å². The predicted octanol–water partition coefficient (Wildman–Crippen LogP) is 1.05. The quantitative estimate of drug-likeness (QED) is 0.448. The van der Waals surface area contributed by atoms with Crippen LogP contribution in [-0.4, -0.2) is 33.7 Å². The monoisotopic (exact) mass is 405 g/mol. The van der Waals surface area contributed by atoms with Crippen molar-refractivity contribution in [2.45, 2.75) is 31.5 Å². The molecular weight excluding hydrogens is 391 g/mol. The molecule has 8 nitrogen and oxygen atoms in total. The fourth-order valence-electron chi connectivity index (χ4n) is 2.73. The third-order valence-corrected chi connectivity index (χ3v) is 3.88. The average molecular weight is 406 g/mol. The molecule has 0 saturated carbocycles. The topological polar surface area (TPSA) is 130 Å². The molecule has 0 radical (unpaired) electrons. The maximum Gasteiger partial charge on any atom is 0.449 e. The van der Waals surface area contributed by atoms with Crippen LogP contribution in [0.2, 0.25) is 0 Å². The number of halogens is 4. The molecule has 3 amide bonds. The summed E-state index contributed by atoms with van der Waals surface area (Å²) >= 11 is 0. The van der Waals surface area contributed by atoms with Crippen LogP contribution in [0.5, 0.6) is 0 Å². The van der Waals surface area contributed by atoms with Gasteiger partial charge in [-0.05, 0) is 24.1 Å². The third-order valence-electron chi connectivity index (χ3n) is 3.88. The predicted molar refractivity (Wildman–Crippen MR) is 90.8 cm³/mol. The number of fused-ring (bicyclic) bond motifs is 1. The highest BCUT2D eigenvalue weighted by Gasteiger charge is 2.35. The van der Waals surface area contributed by atoms with Gasteiger partial charge in [0.2, 0.25) is 23.5 Å². The van der Waals surface area contributed by atoms with Crippen LogP contribution in [0.15, 0.2) is 12.1 Å². The molecule has 1 atom stereocenters. The van der Waals surface area contributed by atoms with Gasteiger partial charge in [0.05, 0.1) is 17.5 Å². The highest BCUT2D eigenvalue weighted by Crippen LogP contribution is 2.30. The first kappa shape index (κ1) is 20.5. The van der Waals surface area contributed by atoms with Crippen molar-refractivity contribution in [3.63, 3.8) is 0 Å². The van der Waals surface area contributed by atoms with Crippen molar-refractivity contribution >= 4 is 46.8 Å². The highest BCUT2D eigenvalue weighted by atomic mass is 35.5. The van der Waals surface area contributed by atoms with Gasteiger partial charge in [-0.1, -0.05) is 0 Å². The van der Waals surface area contributed by atoms with E-state index in [0.717, 1.165) is 0 Å². The first-order valence-corrected chi connectivity index (χ1v) is 7.62. The first-order valence-electron chi connectivity index (χ1n) is 7.62. The Morgan fingerprint density at radius 1 is 1.33 bits per heavy atom. The molecule has 12 heteroatoms. The second-order valence-corrected chi connectivity index (χ2v) is 5.91. The molecule has 0 bridgehead atoms. The summed E-state index contributed by atoms with van der Waals surface area (Å²) in [7, 11) is 0. The Labute approximate surface area is 156 Å². The minimum atomic E-state index is -4.67. The van der Waals surface area contributed by atoms with Crippen LogP contribution in [0, 0.1) is 0 Å². The minimum Gasteiger partial charge on any atom is -0.399 e. The number of aromatic nitrogens is 2. The van der Waals surface area contributed by atoms with Crippen molar-refractivity contribution in [1.82, 2.24) is 20.6 Å². The molecule has 1 aromatic carbocycles. The van der Waals surface area contributed by atoms with E-state index in [0.29, 0.717) is 0 Å². The number of rotatable bonds is 3. The maximum absolute atomic E-state index is 12.8. The summed E-state index contributed by atoms with van der Waals surface area (Å²) in [5.74, 6) is -2.83. The largest absolute Gasteiger partial charge is 0.449 e. The Hall–Kier alpha value is -2.82. The summed E-state index contributed by atoms with van der Waals surface area (Å²) < 4.78 is 38.5. The summed E-state index contributed by atoms with van der Waals surface area (Å²) in [5, 5.41) is 4.56. The summed E-state index contributed by atoms with van der Waals surface area (Å²) in [4.78, 5) is 40.6. The number of imide groups is 1. The van der Waals surface area contributed by atoms with Gasteiger partial charge in [0.25, 0.3) is 0 Å². The molecule has 1 fully saturated rings. The normalized spacial score (nSPS) is 17.4. The van der Waals surface area contributed by atoms with E-state index in [4.69, 9.17) is 5.73 Å². The van der Waals surface area contributed by atoms with Crippen LogP contribution in [0.3, 0.4) is 0 Å². The number of aromatic amines is 1. The standard InChI is InChI=1S/C15H14F3N5O3.ClH/c16-15(17,18)14-21-9-5-7(19)3-6(12(9)23-14)4-11(25)20-8-1-2-10(24)22-13(8)26;/h3,5,8H,1-2,4,19H2,(H,20,25)(H,21,23)(H,22,24,26);1H. The number of nitrogens with one attached hydrogen (secondary N) is 3. The van der Waals surface area contributed by atoms with Crippen molar-refractivity contribution in [2.75, 3.05) is 5.73 Å². The Balaban J connectivity index is 0.00000261. The molecule has 2 aromatic rings. The fraction of sp³-hybridized carbons (Fsp3) is 0.333. The zero-order valence-electron chi connectivity index (χ0n) is 13.6. The molecule has 0 spiro atoms. The summed E-state index contributed by atoms with van der Waals surface area (Å²) in [6, 6.07) is 1.77. The number of carbonyl (C=O) groups is 3. The Kier molecular flexibility index (Phi) is 5.64. The van der Waals surface area contributed by atoms with Crippen LogP contribution in [0.25, 0.3) is 11.0 Å². The molecular formula is C15H15ClF3N5O3. The number of alkyl halides is 3. The van der Waals surface area contributed by atoms with E-state index in [9.17, 15) is 27.6 Å². The molecule has 5 N–H and O–H groups in total. The molecule has 1 aliphatic rings. The van der Waals surface area contributed by atoms with E-state index in [1.807, 2.05) is 0 Å². The smallest absolute Gasteiger partial charge is 0.399 e. The van der Waals surface area contributed by atoms with Crippen molar-refractivity contribution in [1.29, 1.82) is 0 Å². The molecule has 1 saturated heterocycles. The number of hydrogen-bond donors (Lipinski definition) is 4. The Morgan fingerprint density at radius 2 is 2.04 bits per heavy atom. The molecule has 1 unspecified atom stereocenters. The lowest BCUT2D eigenvalue weighted by molar-refractivity contribution is -0.144. The van der Waals surface area contributed by atoms with E-state index in [-0.39, 0.29) is 54.0 Å². The second kappa shape index (κ2) is 7.43. The molecule has 3 rings (SSSR count). The molecule has 2 heterocycles. The molecule has 1 aromatic heterocycles. The van der Waals surface area contributed by atoms with E-state index in [1.54, 1.807) is 0 Å². The van der Waals surface area contributed by atoms with Crippen molar-refractivity contribution in [3.8, 4) is 0 Å². The lowest BCUT2D eigenvalue weighted by Gasteiger charge is -2.21. The number of nitrogens with zero attached hydrogens (tertiary/aromatic N) is 1. The summed E-state index contributed by atoms with van der Waals surface area (Å²) in [5.41, 5.74) is 6.07. The summed E-state index contributed by atoms with van der Waals surface area (Å²) in [6.45, 7) is 0. The van der Waals surface area contributed by atoms with E-state index in [1.165, 1.54) is 12.1 Å². The van der Waals surface area contributed by atoms with Gasteiger partial charge in [-0.3, -0.25) is 19.7 Å². The zero-order chi connectivity index (χ0) is 19.1. The number of benzene rings is 1. The number of hydrogen-bond acceptors (Lipinski definition) is 5. The minimum absolute atomic E-state index is 0. The van der Waals surface area contributed by atoms with Gasteiger partial charge in [-0.2, -0.15) is 13.2 Å².